The summed E-state index contributed by atoms with van der Waals surface area (Å²) < 4.78 is 10.7. The molecule has 0 saturated heterocycles. The molecule has 5 nitrogen and oxygen atoms in total. The van der Waals surface area contributed by atoms with Crippen LogP contribution in [0, 0.1) is 13.8 Å². The second-order valence-electron chi connectivity index (χ2n) is 6.59. The maximum atomic E-state index is 12.6. The average molecular weight is 410 g/mol. The second kappa shape index (κ2) is 9.39. The fourth-order valence-corrected chi connectivity index (χ4v) is 3.72. The van der Waals surface area contributed by atoms with E-state index in [1.807, 2.05) is 67.8 Å². The minimum atomic E-state index is -0.459. The van der Waals surface area contributed by atoms with Crippen LogP contribution >= 0.6 is 11.3 Å². The maximum Gasteiger partial charge on any atom is 0.341 e. The molecule has 0 aliphatic carbocycles. The Balaban J connectivity index is 1.78. The highest BCUT2D eigenvalue weighted by Gasteiger charge is 2.22. The van der Waals surface area contributed by atoms with Crippen molar-refractivity contribution in [1.29, 1.82) is 0 Å². The van der Waals surface area contributed by atoms with Crippen LogP contribution in [0.5, 0.6) is 5.75 Å². The van der Waals surface area contributed by atoms with E-state index in [2.05, 4.69) is 5.32 Å². The Labute approximate surface area is 174 Å². The minimum Gasteiger partial charge on any atom is -0.484 e. The zero-order chi connectivity index (χ0) is 20.8. The van der Waals surface area contributed by atoms with Gasteiger partial charge in [-0.1, -0.05) is 47.5 Å². The van der Waals surface area contributed by atoms with Crippen LogP contribution in [0.3, 0.4) is 0 Å². The third-order valence-corrected chi connectivity index (χ3v) is 5.17. The lowest BCUT2D eigenvalue weighted by Crippen LogP contribution is -2.21. The Hall–Kier alpha value is -3.12. The first-order valence-corrected chi connectivity index (χ1v) is 10.2. The lowest BCUT2D eigenvalue weighted by molar-refractivity contribution is -0.118. The summed E-state index contributed by atoms with van der Waals surface area (Å²) in [6.07, 6.45) is 0. The van der Waals surface area contributed by atoms with E-state index in [1.165, 1.54) is 11.3 Å². The molecule has 0 saturated carbocycles. The SMILES string of the molecule is CCOC(=O)c1c(-c2ccc(C)cc2)csc1NC(=O)COc1ccc(C)cc1. The van der Waals surface area contributed by atoms with Crippen LogP contribution < -0.4 is 10.1 Å². The smallest absolute Gasteiger partial charge is 0.341 e. The number of carbonyl (C=O) groups is 2. The summed E-state index contributed by atoms with van der Waals surface area (Å²) in [7, 11) is 0. The van der Waals surface area contributed by atoms with Crippen molar-refractivity contribution in [2.75, 3.05) is 18.5 Å². The van der Waals surface area contributed by atoms with E-state index in [-0.39, 0.29) is 19.1 Å². The first-order chi connectivity index (χ1) is 14.0. The van der Waals surface area contributed by atoms with Gasteiger partial charge in [0.2, 0.25) is 0 Å². The highest BCUT2D eigenvalue weighted by Crippen LogP contribution is 2.36. The molecule has 0 fully saturated rings. The molecule has 0 aliphatic heterocycles. The molecule has 6 heteroatoms. The number of aryl methyl sites for hydroxylation is 2. The molecular formula is C23H23NO4S. The van der Waals surface area contributed by atoms with Gasteiger partial charge in [-0.25, -0.2) is 4.79 Å². The number of nitrogens with one attached hydrogen (secondary N) is 1. The van der Waals surface area contributed by atoms with Gasteiger partial charge >= 0.3 is 5.97 Å². The quantitative estimate of drug-likeness (QED) is 0.543. The molecule has 1 heterocycles. The minimum absolute atomic E-state index is 0.150. The number of rotatable bonds is 7. The van der Waals surface area contributed by atoms with Crippen LogP contribution in [-0.2, 0) is 9.53 Å². The van der Waals surface area contributed by atoms with Gasteiger partial charge in [0.25, 0.3) is 5.91 Å². The number of thiophene rings is 1. The number of benzene rings is 2. The molecule has 0 radical (unpaired) electrons. The van der Waals surface area contributed by atoms with Gasteiger partial charge in [0.05, 0.1) is 6.61 Å². The normalized spacial score (nSPS) is 10.4. The van der Waals surface area contributed by atoms with Crippen molar-refractivity contribution in [2.45, 2.75) is 20.8 Å². The van der Waals surface area contributed by atoms with E-state index in [1.54, 1.807) is 6.92 Å². The molecule has 2 aromatic carbocycles. The number of hydrogen-bond donors (Lipinski definition) is 1. The lowest BCUT2D eigenvalue weighted by Gasteiger charge is -2.10. The van der Waals surface area contributed by atoms with Crippen LogP contribution in [0.25, 0.3) is 11.1 Å². The van der Waals surface area contributed by atoms with Crippen molar-refractivity contribution in [3.05, 3.63) is 70.6 Å². The number of ether oxygens (including phenoxy) is 2. The molecule has 0 bridgehead atoms. The fraction of sp³-hybridized carbons (Fsp3) is 0.217. The largest absolute Gasteiger partial charge is 0.484 e. The molecule has 29 heavy (non-hydrogen) atoms. The maximum absolute atomic E-state index is 12.6. The third-order valence-electron chi connectivity index (χ3n) is 4.28. The number of hydrogen-bond acceptors (Lipinski definition) is 5. The van der Waals surface area contributed by atoms with E-state index in [9.17, 15) is 9.59 Å². The first-order valence-electron chi connectivity index (χ1n) is 9.33. The van der Waals surface area contributed by atoms with E-state index < -0.39 is 5.97 Å². The average Bonchev–Trinajstić information content (AvgIpc) is 3.12. The molecule has 0 spiro atoms. The predicted octanol–water partition coefficient (Wildman–Crippen LogP) is 5.23. The molecule has 3 rings (SSSR count). The highest BCUT2D eigenvalue weighted by atomic mass is 32.1. The van der Waals surface area contributed by atoms with E-state index in [0.717, 1.165) is 22.3 Å². The van der Waals surface area contributed by atoms with Crippen LogP contribution in [-0.4, -0.2) is 25.1 Å². The first kappa shape index (κ1) is 20.6. The van der Waals surface area contributed by atoms with E-state index in [0.29, 0.717) is 16.3 Å². The zero-order valence-electron chi connectivity index (χ0n) is 16.7. The number of amides is 1. The third kappa shape index (κ3) is 5.23. The Kier molecular flexibility index (Phi) is 6.67. The fourth-order valence-electron chi connectivity index (χ4n) is 2.75. The number of esters is 1. The highest BCUT2D eigenvalue weighted by molar-refractivity contribution is 7.15. The van der Waals surface area contributed by atoms with Crippen LogP contribution in [0.4, 0.5) is 5.00 Å². The van der Waals surface area contributed by atoms with Gasteiger partial charge in [0.1, 0.15) is 16.3 Å². The van der Waals surface area contributed by atoms with Crippen LogP contribution in [0.2, 0.25) is 0 Å². The number of anilines is 1. The van der Waals surface area contributed by atoms with E-state index >= 15 is 0 Å². The van der Waals surface area contributed by atoms with Crippen molar-refractivity contribution in [2.24, 2.45) is 0 Å². The standard InChI is InChI=1S/C23H23NO4S/c1-4-27-23(26)21-19(17-9-5-15(2)6-10-17)14-29-22(21)24-20(25)13-28-18-11-7-16(3)8-12-18/h5-12,14H,4,13H2,1-3H3,(H,24,25). The summed E-state index contributed by atoms with van der Waals surface area (Å²) in [5.74, 6) is -0.185. The summed E-state index contributed by atoms with van der Waals surface area (Å²) in [5.41, 5.74) is 4.24. The molecule has 0 atom stereocenters. The Bertz CT molecular complexity index is 991. The van der Waals surface area contributed by atoms with Crippen molar-refractivity contribution >= 4 is 28.2 Å². The Morgan fingerprint density at radius 3 is 2.21 bits per heavy atom. The topological polar surface area (TPSA) is 64.6 Å². The molecule has 150 valence electrons. The van der Waals surface area contributed by atoms with Gasteiger partial charge in [-0.2, -0.15) is 0 Å². The zero-order valence-corrected chi connectivity index (χ0v) is 17.5. The summed E-state index contributed by atoms with van der Waals surface area (Å²) in [5, 5.41) is 5.10. The molecule has 0 unspecified atom stereocenters. The molecule has 1 aromatic heterocycles. The molecule has 1 N–H and O–H groups in total. The molecule has 0 aliphatic rings. The Morgan fingerprint density at radius 1 is 0.966 bits per heavy atom. The summed E-state index contributed by atoms with van der Waals surface area (Å²) >= 11 is 1.29. The van der Waals surface area contributed by atoms with Gasteiger partial charge in [0, 0.05) is 10.9 Å². The lowest BCUT2D eigenvalue weighted by atomic mass is 10.0. The molecule has 1 amide bonds. The molecule has 3 aromatic rings. The van der Waals surface area contributed by atoms with Crippen molar-refractivity contribution in [3.8, 4) is 16.9 Å². The van der Waals surface area contributed by atoms with Gasteiger partial charge in [-0.3, -0.25) is 4.79 Å². The van der Waals surface area contributed by atoms with Crippen molar-refractivity contribution < 1.29 is 19.1 Å². The van der Waals surface area contributed by atoms with Gasteiger partial charge in [-0.05, 0) is 38.5 Å². The van der Waals surface area contributed by atoms with Crippen LogP contribution in [0.15, 0.2) is 53.9 Å². The monoisotopic (exact) mass is 409 g/mol. The van der Waals surface area contributed by atoms with Crippen LogP contribution in [0.1, 0.15) is 28.4 Å². The van der Waals surface area contributed by atoms with E-state index in [4.69, 9.17) is 9.47 Å². The van der Waals surface area contributed by atoms with Gasteiger partial charge < -0.3 is 14.8 Å². The Morgan fingerprint density at radius 2 is 1.59 bits per heavy atom. The number of carbonyl (C=O) groups excluding carboxylic acids is 2. The second-order valence-corrected chi connectivity index (χ2v) is 7.47. The summed E-state index contributed by atoms with van der Waals surface area (Å²) in [6.45, 7) is 5.84. The summed E-state index contributed by atoms with van der Waals surface area (Å²) in [6, 6.07) is 15.3. The predicted molar refractivity (Wildman–Crippen MR) is 116 cm³/mol. The van der Waals surface area contributed by atoms with Gasteiger partial charge in [0.15, 0.2) is 6.61 Å². The van der Waals surface area contributed by atoms with Crippen molar-refractivity contribution in [1.82, 2.24) is 0 Å². The van der Waals surface area contributed by atoms with Crippen molar-refractivity contribution in [3.63, 3.8) is 0 Å². The summed E-state index contributed by atoms with van der Waals surface area (Å²) in [4.78, 5) is 25.0. The molecular weight excluding hydrogens is 386 g/mol. The van der Waals surface area contributed by atoms with Gasteiger partial charge in [-0.15, -0.1) is 11.3 Å².